The van der Waals surface area contributed by atoms with Crippen LogP contribution in [0.5, 0.6) is 0 Å². The number of benzene rings is 2. The molecule has 2 aromatic carbocycles. The first-order valence-electron chi connectivity index (χ1n) is 10.6. The molecule has 0 atom stereocenters. The van der Waals surface area contributed by atoms with Crippen molar-refractivity contribution in [3.05, 3.63) is 70.7 Å². The molecule has 2 aliphatic rings. The van der Waals surface area contributed by atoms with Crippen LogP contribution in [0.2, 0.25) is 0 Å². The number of fused-ring (bicyclic) bond motifs is 4. The highest BCUT2D eigenvalue weighted by atomic mass is 19.2. The van der Waals surface area contributed by atoms with Crippen molar-refractivity contribution >= 4 is 16.8 Å². The Hall–Kier alpha value is -2.80. The van der Waals surface area contributed by atoms with E-state index in [1.165, 1.54) is 10.9 Å². The Morgan fingerprint density at radius 2 is 1.74 bits per heavy atom. The summed E-state index contributed by atoms with van der Waals surface area (Å²) >= 11 is 0. The monoisotopic (exact) mass is 427 g/mol. The van der Waals surface area contributed by atoms with E-state index >= 15 is 0 Å². The highest BCUT2D eigenvalue weighted by Gasteiger charge is 2.47. The van der Waals surface area contributed by atoms with Crippen LogP contribution in [0.3, 0.4) is 0 Å². The summed E-state index contributed by atoms with van der Waals surface area (Å²) in [5, 5.41) is 1.21. The molecule has 7 heteroatoms. The molecule has 1 aromatic heterocycles. The molecule has 1 saturated heterocycles. The number of hydrogen-bond donors (Lipinski definition) is 1. The Labute approximate surface area is 178 Å². The molecule has 162 valence electrons. The molecule has 3 heterocycles. The third kappa shape index (κ3) is 3.22. The summed E-state index contributed by atoms with van der Waals surface area (Å²) in [6.45, 7) is 3.96. The number of carbonyl (C=O) groups is 1. The van der Waals surface area contributed by atoms with Crippen LogP contribution in [0, 0.1) is 17.5 Å². The highest BCUT2D eigenvalue weighted by Crippen LogP contribution is 2.45. The smallest absolute Gasteiger partial charge is 0.220 e. The van der Waals surface area contributed by atoms with Gasteiger partial charge in [0.2, 0.25) is 5.91 Å². The topological polar surface area (TPSA) is 39.3 Å². The standard InChI is InChI=1S/C24H24F3N3O/c1-15(31)30-9-6-18-17-4-2-3-5-21(17)28-23(18)24(30)7-10-29(11-8-24)14-16-12-19(25)22(27)20(26)13-16/h2-5,12-13,28H,6-11,14H2,1H3. The van der Waals surface area contributed by atoms with Crippen LogP contribution in [0.1, 0.15) is 36.6 Å². The van der Waals surface area contributed by atoms with Gasteiger partial charge in [-0.05, 0) is 48.6 Å². The van der Waals surface area contributed by atoms with Gasteiger partial charge in [-0.3, -0.25) is 9.69 Å². The van der Waals surface area contributed by atoms with E-state index in [2.05, 4.69) is 22.0 Å². The van der Waals surface area contributed by atoms with Crippen molar-refractivity contribution in [3.8, 4) is 0 Å². The highest BCUT2D eigenvalue weighted by molar-refractivity contribution is 5.86. The van der Waals surface area contributed by atoms with Gasteiger partial charge in [-0.1, -0.05) is 18.2 Å². The number of halogens is 3. The van der Waals surface area contributed by atoms with Crippen LogP contribution in [0.15, 0.2) is 36.4 Å². The molecule has 0 aliphatic carbocycles. The second kappa shape index (κ2) is 7.41. The van der Waals surface area contributed by atoms with Gasteiger partial charge in [-0.25, -0.2) is 13.2 Å². The minimum atomic E-state index is -1.44. The van der Waals surface area contributed by atoms with Gasteiger partial charge in [-0.15, -0.1) is 0 Å². The number of aromatic nitrogens is 1. The van der Waals surface area contributed by atoms with Crippen LogP contribution in [0.4, 0.5) is 13.2 Å². The predicted octanol–water partition coefficient (Wildman–Crippen LogP) is 4.48. The Bertz CT molecular complexity index is 1140. The summed E-state index contributed by atoms with van der Waals surface area (Å²) in [7, 11) is 0. The van der Waals surface area contributed by atoms with E-state index in [-0.39, 0.29) is 5.91 Å². The van der Waals surface area contributed by atoms with Crippen LogP contribution in [0.25, 0.3) is 10.9 Å². The average Bonchev–Trinajstić information content (AvgIpc) is 3.14. The largest absolute Gasteiger partial charge is 0.356 e. The van der Waals surface area contributed by atoms with Crippen LogP contribution in [-0.2, 0) is 23.3 Å². The fourth-order valence-electron chi connectivity index (χ4n) is 5.45. The summed E-state index contributed by atoms with van der Waals surface area (Å²) in [6, 6.07) is 10.3. The Balaban J connectivity index is 1.44. The molecule has 0 radical (unpaired) electrons. The first kappa shape index (κ1) is 20.1. The molecule has 4 nitrogen and oxygen atoms in total. The molecule has 31 heavy (non-hydrogen) atoms. The lowest BCUT2D eigenvalue weighted by Crippen LogP contribution is -2.57. The van der Waals surface area contributed by atoms with Gasteiger partial charge in [-0.2, -0.15) is 0 Å². The molecule has 5 rings (SSSR count). The number of hydrogen-bond acceptors (Lipinski definition) is 2. The van der Waals surface area contributed by atoms with Gasteiger partial charge >= 0.3 is 0 Å². The molecule has 1 spiro atoms. The summed E-state index contributed by atoms with van der Waals surface area (Å²) in [5.74, 6) is -3.71. The van der Waals surface area contributed by atoms with E-state index in [0.29, 0.717) is 31.7 Å². The number of para-hydroxylation sites is 1. The second-order valence-electron chi connectivity index (χ2n) is 8.63. The molecule has 1 N–H and O–H groups in total. The zero-order valence-electron chi connectivity index (χ0n) is 17.4. The number of rotatable bonds is 2. The van der Waals surface area contributed by atoms with Gasteiger partial charge in [0.15, 0.2) is 17.5 Å². The molecule has 2 aliphatic heterocycles. The molecule has 1 fully saturated rings. The zero-order valence-corrected chi connectivity index (χ0v) is 17.4. The Morgan fingerprint density at radius 3 is 2.42 bits per heavy atom. The number of aromatic amines is 1. The molecule has 0 saturated carbocycles. The fourth-order valence-corrected chi connectivity index (χ4v) is 5.45. The number of likely N-dealkylation sites (tertiary alicyclic amines) is 1. The Kier molecular flexibility index (Phi) is 4.81. The molecule has 3 aromatic rings. The van der Waals surface area contributed by atoms with Crippen molar-refractivity contribution in [3.63, 3.8) is 0 Å². The lowest BCUT2D eigenvalue weighted by Gasteiger charge is -2.51. The number of carbonyl (C=O) groups excluding carboxylic acids is 1. The normalized spacial score (nSPS) is 18.5. The third-order valence-electron chi connectivity index (χ3n) is 6.89. The summed E-state index contributed by atoms with van der Waals surface area (Å²) < 4.78 is 40.5. The lowest BCUT2D eigenvalue weighted by atomic mass is 9.77. The van der Waals surface area contributed by atoms with Gasteiger partial charge < -0.3 is 9.88 Å². The van der Waals surface area contributed by atoms with Crippen molar-refractivity contribution in [2.24, 2.45) is 0 Å². The van der Waals surface area contributed by atoms with E-state index in [9.17, 15) is 18.0 Å². The van der Waals surface area contributed by atoms with Gasteiger partial charge in [0.1, 0.15) is 0 Å². The first-order valence-corrected chi connectivity index (χ1v) is 10.6. The molecular weight excluding hydrogens is 403 g/mol. The zero-order chi connectivity index (χ0) is 21.8. The number of nitrogens with one attached hydrogen (secondary N) is 1. The maximum absolute atomic E-state index is 13.6. The summed E-state index contributed by atoms with van der Waals surface area (Å²) in [5.41, 5.74) is 3.48. The van der Waals surface area contributed by atoms with Crippen molar-refractivity contribution in [2.75, 3.05) is 19.6 Å². The van der Waals surface area contributed by atoms with Gasteiger partial charge in [0.25, 0.3) is 0 Å². The van der Waals surface area contributed by atoms with E-state index in [1.807, 2.05) is 17.0 Å². The maximum atomic E-state index is 13.6. The average molecular weight is 427 g/mol. The number of H-pyrrole nitrogens is 1. The predicted molar refractivity (Wildman–Crippen MR) is 112 cm³/mol. The van der Waals surface area contributed by atoms with E-state index in [4.69, 9.17) is 0 Å². The molecule has 0 unspecified atom stereocenters. The lowest BCUT2D eigenvalue weighted by molar-refractivity contribution is -0.139. The molecule has 0 bridgehead atoms. The number of piperidine rings is 1. The number of amides is 1. The molecular formula is C24H24F3N3O. The summed E-state index contributed by atoms with van der Waals surface area (Å²) in [6.07, 6.45) is 2.26. The first-order chi connectivity index (χ1) is 14.9. The van der Waals surface area contributed by atoms with E-state index in [1.54, 1.807) is 6.92 Å². The van der Waals surface area contributed by atoms with Crippen molar-refractivity contribution < 1.29 is 18.0 Å². The summed E-state index contributed by atoms with van der Waals surface area (Å²) in [4.78, 5) is 20.2. The fraction of sp³-hybridized carbons (Fsp3) is 0.375. The van der Waals surface area contributed by atoms with Crippen LogP contribution in [-0.4, -0.2) is 40.3 Å². The minimum Gasteiger partial charge on any atom is -0.356 e. The SMILES string of the molecule is CC(=O)N1CCc2c([nH]c3ccccc23)C12CCN(Cc1cc(F)c(F)c(F)c1)CC2. The molecule has 1 amide bonds. The number of nitrogens with zero attached hydrogens (tertiary/aromatic N) is 2. The maximum Gasteiger partial charge on any atom is 0.220 e. The van der Waals surface area contributed by atoms with Crippen LogP contribution >= 0.6 is 0 Å². The van der Waals surface area contributed by atoms with Gasteiger partial charge in [0, 0.05) is 49.7 Å². The van der Waals surface area contributed by atoms with Crippen molar-refractivity contribution in [1.82, 2.24) is 14.8 Å². The van der Waals surface area contributed by atoms with Gasteiger partial charge in [0.05, 0.1) is 5.54 Å². The van der Waals surface area contributed by atoms with Crippen molar-refractivity contribution in [2.45, 2.75) is 38.3 Å². The van der Waals surface area contributed by atoms with E-state index < -0.39 is 23.0 Å². The quantitative estimate of drug-likeness (QED) is 0.613. The third-order valence-corrected chi connectivity index (χ3v) is 6.89. The van der Waals surface area contributed by atoms with Crippen LogP contribution < -0.4 is 0 Å². The van der Waals surface area contributed by atoms with E-state index in [0.717, 1.165) is 42.6 Å². The second-order valence-corrected chi connectivity index (χ2v) is 8.63. The minimum absolute atomic E-state index is 0.0560. The Morgan fingerprint density at radius 1 is 1.06 bits per heavy atom. The van der Waals surface area contributed by atoms with Crippen molar-refractivity contribution in [1.29, 1.82) is 0 Å².